The average Bonchev–Trinajstić information content (AvgIpc) is 3.51. The molecule has 2 heterocycles. The third kappa shape index (κ3) is 7.32. The third-order valence-electron chi connectivity index (χ3n) is 5.82. The molecule has 0 radical (unpaired) electrons. The summed E-state index contributed by atoms with van der Waals surface area (Å²) in [5, 5.41) is 22.7. The lowest BCUT2D eigenvalue weighted by Crippen LogP contribution is -2.29. The highest BCUT2D eigenvalue weighted by molar-refractivity contribution is 6.30. The van der Waals surface area contributed by atoms with Gasteiger partial charge in [-0.15, -0.1) is 5.10 Å². The van der Waals surface area contributed by atoms with E-state index in [4.69, 9.17) is 21.1 Å². The van der Waals surface area contributed by atoms with Crippen LogP contribution in [0.4, 0.5) is 0 Å². The predicted octanol–water partition coefficient (Wildman–Crippen LogP) is 2.92. The molecule has 1 atom stereocenters. The number of benzene rings is 2. The largest absolute Gasteiger partial charge is 0.469 e. The first kappa shape index (κ1) is 28.0. The number of esters is 2. The Morgan fingerprint density at radius 3 is 2.50 bits per heavy atom. The van der Waals surface area contributed by atoms with Gasteiger partial charge in [0.25, 0.3) is 0 Å². The number of amides is 1. The Labute approximate surface area is 234 Å². The number of ether oxygens (including phenoxy) is 2. The number of nitrogens with one attached hydrogen (secondary N) is 1. The van der Waals surface area contributed by atoms with Crippen LogP contribution in [0.15, 0.2) is 67.1 Å². The summed E-state index contributed by atoms with van der Waals surface area (Å²) in [6, 6.07) is 13.2. The molecule has 40 heavy (non-hydrogen) atoms. The van der Waals surface area contributed by atoms with E-state index in [1.54, 1.807) is 54.6 Å². The smallest absolute Gasteiger partial charge is 0.309 e. The minimum Gasteiger partial charge on any atom is -0.469 e. The first-order chi connectivity index (χ1) is 19.4. The van der Waals surface area contributed by atoms with E-state index in [1.807, 2.05) is 0 Å². The van der Waals surface area contributed by atoms with Crippen LogP contribution in [0.1, 0.15) is 29.2 Å². The van der Waals surface area contributed by atoms with Crippen molar-refractivity contribution in [1.29, 1.82) is 0 Å². The Balaban J connectivity index is 1.55. The molecule has 0 saturated heterocycles. The van der Waals surface area contributed by atoms with Gasteiger partial charge < -0.3 is 14.8 Å². The van der Waals surface area contributed by atoms with Gasteiger partial charge in [0.2, 0.25) is 5.91 Å². The Kier molecular flexibility index (Phi) is 9.26. The lowest BCUT2D eigenvalue weighted by Gasteiger charge is -2.17. The number of rotatable bonds is 10. The van der Waals surface area contributed by atoms with Gasteiger partial charge in [-0.2, -0.15) is 14.9 Å². The molecule has 2 aromatic carbocycles. The highest BCUT2D eigenvalue weighted by atomic mass is 35.5. The van der Waals surface area contributed by atoms with Crippen molar-refractivity contribution in [2.75, 3.05) is 14.2 Å². The fourth-order valence-electron chi connectivity index (χ4n) is 3.77. The molecular formula is C27H24ClN7O5. The van der Waals surface area contributed by atoms with Crippen LogP contribution in [0.3, 0.4) is 0 Å². The maximum atomic E-state index is 13.0. The molecule has 13 heteroatoms. The second kappa shape index (κ2) is 13.2. The van der Waals surface area contributed by atoms with Crippen molar-refractivity contribution in [1.82, 2.24) is 35.7 Å². The van der Waals surface area contributed by atoms with Crippen molar-refractivity contribution in [3.05, 3.63) is 88.8 Å². The zero-order chi connectivity index (χ0) is 28.5. The zero-order valence-electron chi connectivity index (χ0n) is 21.5. The van der Waals surface area contributed by atoms with Crippen molar-refractivity contribution in [2.24, 2.45) is 0 Å². The molecule has 4 aromatic rings. The Morgan fingerprint density at radius 2 is 1.80 bits per heavy atom. The second-order valence-corrected chi connectivity index (χ2v) is 8.89. The van der Waals surface area contributed by atoms with Crippen molar-refractivity contribution in [3.8, 4) is 16.9 Å². The number of carbonyl (C=O) groups is 3. The van der Waals surface area contributed by atoms with Crippen LogP contribution in [0.25, 0.3) is 23.0 Å². The first-order valence-corrected chi connectivity index (χ1v) is 12.3. The van der Waals surface area contributed by atoms with E-state index in [-0.39, 0.29) is 18.8 Å². The second-order valence-electron chi connectivity index (χ2n) is 8.46. The van der Waals surface area contributed by atoms with Crippen LogP contribution in [0.5, 0.6) is 0 Å². The van der Waals surface area contributed by atoms with Crippen LogP contribution < -0.4 is 5.32 Å². The zero-order valence-corrected chi connectivity index (χ0v) is 22.3. The van der Waals surface area contributed by atoms with Gasteiger partial charge >= 0.3 is 11.9 Å². The standard InChI is InChI=1S/C27H24ClN7O5/c1-39-26(37)11-17-3-5-18(6-4-17)23-13-20(15-29-32-23)22(14-27(38)40-2)31-25(36)10-7-19-12-21(28)8-9-24(19)35-16-30-33-34-35/h3-10,12-13,15-16,22H,11,14H2,1-2H3,(H,31,36)/b10-7+. The monoisotopic (exact) mass is 561 g/mol. The molecule has 4 rings (SSSR count). The van der Waals surface area contributed by atoms with E-state index in [1.165, 1.54) is 37.5 Å². The molecular weight excluding hydrogens is 538 g/mol. The summed E-state index contributed by atoms with van der Waals surface area (Å²) >= 11 is 6.15. The van der Waals surface area contributed by atoms with Crippen molar-refractivity contribution in [3.63, 3.8) is 0 Å². The molecule has 204 valence electrons. The number of hydrogen-bond acceptors (Lipinski definition) is 10. The maximum Gasteiger partial charge on any atom is 0.309 e. The number of tetrazole rings is 1. The van der Waals surface area contributed by atoms with E-state index in [0.29, 0.717) is 27.5 Å². The number of hydrogen-bond donors (Lipinski definition) is 1. The summed E-state index contributed by atoms with van der Waals surface area (Å²) in [6.07, 6.45) is 5.80. The van der Waals surface area contributed by atoms with Crippen molar-refractivity contribution >= 4 is 35.5 Å². The summed E-state index contributed by atoms with van der Waals surface area (Å²) in [7, 11) is 2.61. The number of nitrogens with zero attached hydrogens (tertiary/aromatic N) is 6. The Bertz CT molecular complexity index is 1520. The number of methoxy groups -OCH3 is 2. The highest BCUT2D eigenvalue weighted by Crippen LogP contribution is 2.24. The summed E-state index contributed by atoms with van der Waals surface area (Å²) in [5.41, 5.74) is 3.81. The summed E-state index contributed by atoms with van der Waals surface area (Å²) in [6.45, 7) is 0. The average molecular weight is 562 g/mol. The normalized spacial score (nSPS) is 11.7. The number of halogens is 1. The van der Waals surface area contributed by atoms with Gasteiger partial charge in [0.05, 0.1) is 50.7 Å². The van der Waals surface area contributed by atoms with Gasteiger partial charge in [0.1, 0.15) is 6.33 Å². The van der Waals surface area contributed by atoms with Gasteiger partial charge in [-0.25, -0.2) is 0 Å². The van der Waals surface area contributed by atoms with Crippen LogP contribution >= 0.6 is 11.6 Å². The molecule has 0 aliphatic rings. The Morgan fingerprint density at radius 1 is 1.02 bits per heavy atom. The van der Waals surface area contributed by atoms with Gasteiger partial charge in [-0.3, -0.25) is 14.4 Å². The van der Waals surface area contributed by atoms with Gasteiger partial charge in [0, 0.05) is 22.2 Å². The molecule has 0 bridgehead atoms. The molecule has 0 spiro atoms. The van der Waals surface area contributed by atoms with Crippen LogP contribution in [-0.2, 0) is 30.3 Å². The van der Waals surface area contributed by atoms with Crippen LogP contribution in [0.2, 0.25) is 5.02 Å². The van der Waals surface area contributed by atoms with Crippen LogP contribution in [0, 0.1) is 0 Å². The summed E-state index contributed by atoms with van der Waals surface area (Å²) in [4.78, 5) is 36.7. The number of aromatic nitrogens is 6. The summed E-state index contributed by atoms with van der Waals surface area (Å²) in [5.74, 6) is -1.33. The quantitative estimate of drug-likeness (QED) is 0.226. The molecule has 0 saturated carbocycles. The molecule has 1 amide bonds. The lowest BCUT2D eigenvalue weighted by atomic mass is 10.0. The highest BCUT2D eigenvalue weighted by Gasteiger charge is 2.20. The van der Waals surface area contributed by atoms with Crippen LogP contribution in [-0.4, -0.2) is 62.5 Å². The van der Waals surface area contributed by atoms with Gasteiger partial charge in [-0.05, 0) is 51.9 Å². The van der Waals surface area contributed by atoms with Crippen molar-refractivity contribution in [2.45, 2.75) is 18.9 Å². The topological polar surface area (TPSA) is 151 Å². The fourth-order valence-corrected chi connectivity index (χ4v) is 3.95. The number of carbonyl (C=O) groups excluding carboxylic acids is 3. The Hall–Kier alpha value is -4.97. The van der Waals surface area contributed by atoms with E-state index < -0.39 is 17.9 Å². The minimum atomic E-state index is -0.754. The molecule has 0 aliphatic carbocycles. The molecule has 1 N–H and O–H groups in total. The summed E-state index contributed by atoms with van der Waals surface area (Å²) < 4.78 is 11.0. The predicted molar refractivity (Wildman–Crippen MR) is 144 cm³/mol. The molecule has 0 fully saturated rings. The molecule has 0 aliphatic heterocycles. The van der Waals surface area contributed by atoms with E-state index in [0.717, 1.165) is 11.1 Å². The molecule has 2 aromatic heterocycles. The van der Waals surface area contributed by atoms with E-state index in [2.05, 4.69) is 31.0 Å². The van der Waals surface area contributed by atoms with Gasteiger partial charge in [-0.1, -0.05) is 35.9 Å². The van der Waals surface area contributed by atoms with Gasteiger partial charge in [0.15, 0.2) is 0 Å². The fraction of sp³-hybridized carbons (Fsp3) is 0.185. The lowest BCUT2D eigenvalue weighted by molar-refractivity contribution is -0.141. The van der Waals surface area contributed by atoms with E-state index >= 15 is 0 Å². The maximum absolute atomic E-state index is 13.0. The van der Waals surface area contributed by atoms with E-state index in [9.17, 15) is 14.4 Å². The van der Waals surface area contributed by atoms with Crippen molar-refractivity contribution < 1.29 is 23.9 Å². The molecule has 1 unspecified atom stereocenters. The third-order valence-corrected chi connectivity index (χ3v) is 6.05. The molecule has 12 nitrogen and oxygen atoms in total. The first-order valence-electron chi connectivity index (χ1n) is 11.9. The minimum absolute atomic E-state index is 0.133. The SMILES string of the molecule is COC(=O)Cc1ccc(-c2cc(C(CC(=O)OC)NC(=O)/C=C/c3cc(Cl)ccc3-n3cnnn3)cnn2)cc1.